The number of nitrogens with zero attached hydrogens (tertiary/aromatic N) is 1. The highest BCUT2D eigenvalue weighted by atomic mass is 16.2. The molecule has 21 heavy (non-hydrogen) atoms. The molecule has 4 nitrogen and oxygen atoms in total. The molecule has 4 heteroatoms. The van der Waals surface area contributed by atoms with Crippen LogP contribution in [0.2, 0.25) is 0 Å². The van der Waals surface area contributed by atoms with Crippen LogP contribution in [0.1, 0.15) is 6.92 Å². The maximum absolute atomic E-state index is 12.2. The molecule has 0 spiro atoms. The highest BCUT2D eigenvalue weighted by Crippen LogP contribution is 2.32. The molecule has 1 atom stereocenters. The van der Waals surface area contributed by atoms with E-state index in [1.54, 1.807) is 11.8 Å². The molecule has 0 saturated carbocycles. The third kappa shape index (κ3) is 2.40. The molecule has 1 saturated heterocycles. The summed E-state index contributed by atoms with van der Waals surface area (Å²) in [6.45, 7) is 1.79. The second-order valence-electron chi connectivity index (χ2n) is 5.04. The van der Waals surface area contributed by atoms with Crippen LogP contribution in [0.4, 0.5) is 5.69 Å². The molecule has 1 heterocycles. The summed E-state index contributed by atoms with van der Waals surface area (Å²) in [4.78, 5) is 25.7. The number of rotatable bonds is 2. The Balaban J connectivity index is 2.10. The van der Waals surface area contributed by atoms with Gasteiger partial charge in [0, 0.05) is 5.56 Å². The number of benzene rings is 2. The summed E-state index contributed by atoms with van der Waals surface area (Å²) in [6, 6.07) is 17.0. The van der Waals surface area contributed by atoms with Crippen molar-refractivity contribution in [3.05, 3.63) is 54.6 Å². The second-order valence-corrected chi connectivity index (χ2v) is 5.04. The topological polar surface area (TPSA) is 49.4 Å². The summed E-state index contributed by atoms with van der Waals surface area (Å²) in [7, 11) is 0. The maximum atomic E-state index is 12.2. The van der Waals surface area contributed by atoms with E-state index in [1.807, 2.05) is 54.6 Å². The van der Waals surface area contributed by atoms with Gasteiger partial charge < -0.3 is 5.32 Å². The van der Waals surface area contributed by atoms with Gasteiger partial charge in [-0.1, -0.05) is 48.5 Å². The Morgan fingerprint density at radius 3 is 2.43 bits per heavy atom. The van der Waals surface area contributed by atoms with Crippen LogP contribution in [-0.4, -0.2) is 24.4 Å². The molecule has 0 bridgehead atoms. The summed E-state index contributed by atoms with van der Waals surface area (Å²) in [6.07, 6.45) is 0. The molecule has 3 rings (SSSR count). The number of amides is 2. The predicted molar refractivity (Wildman–Crippen MR) is 81.8 cm³/mol. The monoisotopic (exact) mass is 280 g/mol. The van der Waals surface area contributed by atoms with Crippen LogP contribution in [0.25, 0.3) is 11.1 Å². The smallest absolute Gasteiger partial charge is 0.247 e. The van der Waals surface area contributed by atoms with Crippen molar-refractivity contribution < 1.29 is 9.59 Å². The predicted octanol–water partition coefficient (Wildman–Crippen LogP) is 2.20. The second kappa shape index (κ2) is 5.40. The lowest BCUT2D eigenvalue weighted by molar-refractivity contribution is -0.130. The summed E-state index contributed by atoms with van der Waals surface area (Å²) in [5.74, 6) is -0.219. The molecule has 1 N–H and O–H groups in total. The van der Waals surface area contributed by atoms with E-state index in [-0.39, 0.29) is 18.4 Å². The van der Waals surface area contributed by atoms with Crippen LogP contribution in [0, 0.1) is 0 Å². The van der Waals surface area contributed by atoms with Crippen molar-refractivity contribution >= 4 is 17.5 Å². The van der Waals surface area contributed by atoms with E-state index >= 15 is 0 Å². The van der Waals surface area contributed by atoms with Crippen LogP contribution in [-0.2, 0) is 9.59 Å². The van der Waals surface area contributed by atoms with Gasteiger partial charge in [0.05, 0.1) is 12.2 Å². The molecule has 0 radical (unpaired) electrons. The lowest BCUT2D eigenvalue weighted by Crippen LogP contribution is -2.57. The van der Waals surface area contributed by atoms with Crippen LogP contribution in [0.15, 0.2) is 54.6 Å². The van der Waals surface area contributed by atoms with Gasteiger partial charge >= 0.3 is 0 Å². The number of carbonyl (C=O) groups is 2. The molecule has 0 aliphatic carbocycles. The molecular formula is C17H16N2O2. The molecule has 2 aromatic rings. The van der Waals surface area contributed by atoms with Gasteiger partial charge in [0.1, 0.15) is 6.04 Å². The fourth-order valence-electron chi connectivity index (χ4n) is 2.62. The minimum Gasteiger partial charge on any atom is -0.345 e. The zero-order valence-electron chi connectivity index (χ0n) is 11.7. The van der Waals surface area contributed by atoms with Crippen molar-refractivity contribution in [2.24, 2.45) is 0 Å². The Morgan fingerprint density at radius 2 is 1.67 bits per heavy atom. The van der Waals surface area contributed by atoms with Gasteiger partial charge in [0.15, 0.2) is 0 Å². The molecular weight excluding hydrogens is 264 g/mol. The van der Waals surface area contributed by atoms with E-state index in [2.05, 4.69) is 5.32 Å². The molecule has 106 valence electrons. The first kappa shape index (κ1) is 13.4. The lowest BCUT2D eigenvalue weighted by atomic mass is 10.0. The Hall–Kier alpha value is -2.62. The van der Waals surface area contributed by atoms with E-state index in [0.717, 1.165) is 16.8 Å². The highest BCUT2D eigenvalue weighted by Gasteiger charge is 2.33. The van der Waals surface area contributed by atoms with Crippen molar-refractivity contribution in [2.45, 2.75) is 13.0 Å². The van der Waals surface area contributed by atoms with Gasteiger partial charge in [-0.05, 0) is 18.6 Å². The molecule has 1 aliphatic heterocycles. The minimum absolute atomic E-state index is 0.0479. The third-order valence-corrected chi connectivity index (χ3v) is 3.70. The Bertz CT molecular complexity index is 682. The lowest BCUT2D eigenvalue weighted by Gasteiger charge is -2.34. The number of carbonyl (C=O) groups excluding carboxylic acids is 2. The van der Waals surface area contributed by atoms with Gasteiger partial charge in [-0.3, -0.25) is 14.5 Å². The van der Waals surface area contributed by atoms with Gasteiger partial charge in [0.25, 0.3) is 0 Å². The van der Waals surface area contributed by atoms with Crippen LogP contribution < -0.4 is 10.2 Å². The number of hydrogen-bond donors (Lipinski definition) is 1. The Labute approximate surface area is 123 Å². The van der Waals surface area contributed by atoms with Crippen molar-refractivity contribution in [1.82, 2.24) is 5.32 Å². The molecule has 0 aromatic heterocycles. The normalized spacial score (nSPS) is 18.5. The molecule has 2 aromatic carbocycles. The van der Waals surface area contributed by atoms with Gasteiger partial charge in [-0.25, -0.2) is 0 Å². The number of para-hydroxylation sites is 1. The highest BCUT2D eigenvalue weighted by molar-refractivity contribution is 6.08. The van der Waals surface area contributed by atoms with Crippen molar-refractivity contribution in [1.29, 1.82) is 0 Å². The first-order valence-corrected chi connectivity index (χ1v) is 6.92. The first-order valence-electron chi connectivity index (χ1n) is 6.92. The zero-order chi connectivity index (χ0) is 14.8. The summed E-state index contributed by atoms with van der Waals surface area (Å²) in [5.41, 5.74) is 2.75. The summed E-state index contributed by atoms with van der Waals surface area (Å²) in [5, 5.41) is 2.61. The molecule has 2 amide bonds. The SMILES string of the molecule is CC1C(=O)NCC(=O)N1c1ccccc1-c1ccccc1. The summed E-state index contributed by atoms with van der Waals surface area (Å²) < 4.78 is 0. The number of hydrogen-bond acceptors (Lipinski definition) is 2. The fourth-order valence-corrected chi connectivity index (χ4v) is 2.62. The zero-order valence-corrected chi connectivity index (χ0v) is 11.7. The Morgan fingerprint density at radius 1 is 1.00 bits per heavy atom. The van der Waals surface area contributed by atoms with Crippen molar-refractivity contribution in [3.63, 3.8) is 0 Å². The quantitative estimate of drug-likeness (QED) is 0.917. The van der Waals surface area contributed by atoms with Crippen LogP contribution in [0.3, 0.4) is 0 Å². The van der Waals surface area contributed by atoms with Crippen molar-refractivity contribution in [2.75, 3.05) is 11.4 Å². The van der Waals surface area contributed by atoms with Crippen molar-refractivity contribution in [3.8, 4) is 11.1 Å². The third-order valence-electron chi connectivity index (χ3n) is 3.70. The van der Waals surface area contributed by atoms with Crippen LogP contribution in [0.5, 0.6) is 0 Å². The minimum atomic E-state index is -0.504. The van der Waals surface area contributed by atoms with E-state index in [1.165, 1.54) is 0 Å². The van der Waals surface area contributed by atoms with Gasteiger partial charge in [-0.2, -0.15) is 0 Å². The number of nitrogens with one attached hydrogen (secondary N) is 1. The first-order chi connectivity index (χ1) is 10.2. The van der Waals surface area contributed by atoms with E-state index in [0.29, 0.717) is 0 Å². The van der Waals surface area contributed by atoms with Crippen LogP contribution >= 0.6 is 0 Å². The Kier molecular flexibility index (Phi) is 3.44. The average molecular weight is 280 g/mol. The van der Waals surface area contributed by atoms with Gasteiger partial charge in [-0.15, -0.1) is 0 Å². The maximum Gasteiger partial charge on any atom is 0.247 e. The standard InChI is InChI=1S/C17H16N2O2/c1-12-17(21)18-11-16(20)19(12)15-10-6-5-9-14(15)13-7-3-2-4-8-13/h2-10,12H,11H2,1H3,(H,18,21). The largest absolute Gasteiger partial charge is 0.345 e. The average Bonchev–Trinajstić information content (AvgIpc) is 2.53. The number of piperazine rings is 1. The van der Waals surface area contributed by atoms with E-state index in [9.17, 15) is 9.59 Å². The fraction of sp³-hybridized carbons (Fsp3) is 0.176. The van der Waals surface area contributed by atoms with Gasteiger partial charge in [0.2, 0.25) is 11.8 Å². The summed E-state index contributed by atoms with van der Waals surface area (Å²) >= 11 is 0. The molecule has 1 fully saturated rings. The molecule has 1 aliphatic rings. The van der Waals surface area contributed by atoms with E-state index < -0.39 is 6.04 Å². The van der Waals surface area contributed by atoms with E-state index in [4.69, 9.17) is 0 Å². The number of anilines is 1. The molecule has 1 unspecified atom stereocenters.